The number of nitrogens with one attached hydrogen (secondary N) is 3. The Morgan fingerprint density at radius 3 is 3.04 bits per heavy atom. The standard InChI is InChI=1S/C18H21FN6/c1-2-11-9-21-18(22-12-5-4-8-20-10-12)23-15(11)17-13-6-3-7-14(19)16(13)24-25-17/h3,6-7,9,12,20H,2,4-5,8,10H2,1H3,(H,24,25)(H,21,22,23)/t12-/m0/s1. The van der Waals surface area contributed by atoms with Gasteiger partial charge in [0.2, 0.25) is 5.95 Å². The maximum absolute atomic E-state index is 14.0. The fourth-order valence-electron chi connectivity index (χ4n) is 3.29. The van der Waals surface area contributed by atoms with Crippen molar-refractivity contribution in [2.75, 3.05) is 18.4 Å². The number of aromatic amines is 1. The lowest BCUT2D eigenvalue weighted by atomic mass is 10.1. The molecule has 0 unspecified atom stereocenters. The maximum Gasteiger partial charge on any atom is 0.223 e. The second kappa shape index (κ2) is 6.76. The second-order valence-corrected chi connectivity index (χ2v) is 6.34. The van der Waals surface area contributed by atoms with E-state index in [0.29, 0.717) is 23.2 Å². The highest BCUT2D eigenvalue weighted by molar-refractivity contribution is 5.92. The van der Waals surface area contributed by atoms with Crippen LogP contribution in [0, 0.1) is 5.82 Å². The first-order valence-electron chi connectivity index (χ1n) is 8.72. The number of anilines is 1. The van der Waals surface area contributed by atoms with Gasteiger partial charge >= 0.3 is 0 Å². The third-order valence-corrected chi connectivity index (χ3v) is 4.65. The van der Waals surface area contributed by atoms with E-state index in [1.54, 1.807) is 6.07 Å². The van der Waals surface area contributed by atoms with Crippen molar-refractivity contribution in [3.05, 3.63) is 35.8 Å². The van der Waals surface area contributed by atoms with Crippen LogP contribution in [0.4, 0.5) is 10.3 Å². The van der Waals surface area contributed by atoms with E-state index in [2.05, 4.69) is 32.7 Å². The number of aromatic nitrogens is 4. The Labute approximate surface area is 145 Å². The van der Waals surface area contributed by atoms with Crippen molar-refractivity contribution >= 4 is 16.9 Å². The van der Waals surface area contributed by atoms with Gasteiger partial charge in [0.15, 0.2) is 0 Å². The number of hydrogen-bond acceptors (Lipinski definition) is 5. The number of para-hydroxylation sites is 1. The first kappa shape index (κ1) is 16.0. The number of piperidine rings is 1. The Balaban J connectivity index is 1.74. The number of benzene rings is 1. The minimum atomic E-state index is -0.310. The summed E-state index contributed by atoms with van der Waals surface area (Å²) in [6, 6.07) is 5.30. The van der Waals surface area contributed by atoms with E-state index in [4.69, 9.17) is 4.98 Å². The Morgan fingerprint density at radius 1 is 1.32 bits per heavy atom. The van der Waals surface area contributed by atoms with Crippen LogP contribution >= 0.6 is 0 Å². The molecular formula is C18H21FN6. The van der Waals surface area contributed by atoms with Gasteiger partial charge in [-0.05, 0) is 37.4 Å². The van der Waals surface area contributed by atoms with Crippen molar-refractivity contribution in [2.24, 2.45) is 0 Å². The van der Waals surface area contributed by atoms with Crippen LogP contribution in [0.25, 0.3) is 22.3 Å². The molecule has 4 rings (SSSR count). The summed E-state index contributed by atoms with van der Waals surface area (Å²) >= 11 is 0. The molecule has 0 spiro atoms. The van der Waals surface area contributed by atoms with E-state index in [9.17, 15) is 4.39 Å². The van der Waals surface area contributed by atoms with Crippen LogP contribution in [0.3, 0.4) is 0 Å². The van der Waals surface area contributed by atoms with Crippen LogP contribution in [-0.2, 0) is 6.42 Å². The van der Waals surface area contributed by atoms with Crippen molar-refractivity contribution in [3.63, 3.8) is 0 Å². The van der Waals surface area contributed by atoms with Crippen molar-refractivity contribution in [3.8, 4) is 11.4 Å². The van der Waals surface area contributed by atoms with E-state index in [0.717, 1.165) is 49.0 Å². The molecule has 1 aliphatic rings. The monoisotopic (exact) mass is 340 g/mol. The minimum absolute atomic E-state index is 0.310. The molecule has 1 saturated heterocycles. The molecule has 1 fully saturated rings. The molecule has 25 heavy (non-hydrogen) atoms. The summed E-state index contributed by atoms with van der Waals surface area (Å²) < 4.78 is 14.0. The van der Waals surface area contributed by atoms with Gasteiger partial charge in [0.05, 0.1) is 5.69 Å². The van der Waals surface area contributed by atoms with Gasteiger partial charge in [-0.1, -0.05) is 19.1 Å². The van der Waals surface area contributed by atoms with Crippen molar-refractivity contribution in [1.82, 2.24) is 25.5 Å². The molecule has 0 saturated carbocycles. The number of fused-ring (bicyclic) bond motifs is 1. The Morgan fingerprint density at radius 2 is 2.24 bits per heavy atom. The molecule has 1 atom stereocenters. The molecule has 1 aromatic carbocycles. The summed E-state index contributed by atoms with van der Waals surface area (Å²) in [4.78, 5) is 9.15. The predicted molar refractivity (Wildman–Crippen MR) is 96.0 cm³/mol. The zero-order valence-corrected chi connectivity index (χ0v) is 14.1. The average Bonchev–Trinajstić information content (AvgIpc) is 3.08. The highest BCUT2D eigenvalue weighted by Crippen LogP contribution is 2.29. The third kappa shape index (κ3) is 3.07. The Hall–Kier alpha value is -2.54. The largest absolute Gasteiger partial charge is 0.350 e. The zero-order valence-electron chi connectivity index (χ0n) is 14.1. The van der Waals surface area contributed by atoms with Gasteiger partial charge in [-0.15, -0.1) is 0 Å². The number of hydrogen-bond donors (Lipinski definition) is 3. The van der Waals surface area contributed by atoms with Crippen LogP contribution in [-0.4, -0.2) is 39.3 Å². The molecule has 0 radical (unpaired) electrons. The SMILES string of the molecule is CCc1cnc(N[C@H]2CCCNC2)nc1-c1n[nH]c2c(F)cccc12. The Bertz CT molecular complexity index is 884. The Kier molecular flexibility index (Phi) is 4.31. The first-order valence-corrected chi connectivity index (χ1v) is 8.72. The van der Waals surface area contributed by atoms with E-state index >= 15 is 0 Å². The van der Waals surface area contributed by atoms with Gasteiger partial charge in [-0.3, -0.25) is 5.10 Å². The van der Waals surface area contributed by atoms with Crippen molar-refractivity contribution < 1.29 is 4.39 Å². The third-order valence-electron chi connectivity index (χ3n) is 4.65. The molecule has 0 aliphatic carbocycles. The van der Waals surface area contributed by atoms with Crippen molar-refractivity contribution in [2.45, 2.75) is 32.2 Å². The van der Waals surface area contributed by atoms with Crippen LogP contribution in [0.15, 0.2) is 24.4 Å². The molecule has 0 bridgehead atoms. The molecule has 130 valence electrons. The molecule has 3 heterocycles. The van der Waals surface area contributed by atoms with E-state index in [1.165, 1.54) is 6.07 Å². The summed E-state index contributed by atoms with van der Waals surface area (Å²) in [7, 11) is 0. The van der Waals surface area contributed by atoms with Crippen LogP contribution in [0.5, 0.6) is 0 Å². The smallest absolute Gasteiger partial charge is 0.223 e. The topological polar surface area (TPSA) is 78.5 Å². The second-order valence-electron chi connectivity index (χ2n) is 6.34. The van der Waals surface area contributed by atoms with E-state index in [1.807, 2.05) is 12.3 Å². The van der Waals surface area contributed by atoms with Crippen LogP contribution in [0.2, 0.25) is 0 Å². The molecule has 1 aliphatic heterocycles. The van der Waals surface area contributed by atoms with Gasteiger partial charge in [0.1, 0.15) is 17.0 Å². The quantitative estimate of drug-likeness (QED) is 0.681. The van der Waals surface area contributed by atoms with Crippen LogP contribution in [0.1, 0.15) is 25.3 Å². The molecule has 0 amide bonds. The van der Waals surface area contributed by atoms with E-state index in [-0.39, 0.29) is 5.82 Å². The number of rotatable bonds is 4. The number of aryl methyl sites for hydroxylation is 1. The lowest BCUT2D eigenvalue weighted by molar-refractivity contribution is 0.478. The highest BCUT2D eigenvalue weighted by Gasteiger charge is 2.18. The lowest BCUT2D eigenvalue weighted by Crippen LogP contribution is -2.38. The van der Waals surface area contributed by atoms with Gasteiger partial charge in [0.25, 0.3) is 0 Å². The molecule has 3 N–H and O–H groups in total. The predicted octanol–water partition coefficient (Wildman–Crippen LogP) is 2.89. The number of H-pyrrole nitrogens is 1. The van der Waals surface area contributed by atoms with E-state index < -0.39 is 0 Å². The van der Waals surface area contributed by atoms with Gasteiger partial charge in [0, 0.05) is 24.2 Å². The summed E-state index contributed by atoms with van der Waals surface area (Å²) in [5.74, 6) is 0.281. The number of halogens is 1. The fraction of sp³-hybridized carbons (Fsp3) is 0.389. The van der Waals surface area contributed by atoms with Gasteiger partial charge in [-0.25, -0.2) is 14.4 Å². The van der Waals surface area contributed by atoms with Gasteiger partial charge < -0.3 is 10.6 Å². The zero-order chi connectivity index (χ0) is 17.2. The summed E-state index contributed by atoms with van der Waals surface area (Å²) in [6.07, 6.45) is 4.85. The normalized spacial score (nSPS) is 17.8. The minimum Gasteiger partial charge on any atom is -0.350 e. The lowest BCUT2D eigenvalue weighted by Gasteiger charge is -2.24. The molecule has 6 nitrogen and oxygen atoms in total. The summed E-state index contributed by atoms with van der Waals surface area (Å²) in [5, 5.41) is 14.6. The summed E-state index contributed by atoms with van der Waals surface area (Å²) in [6.45, 7) is 4.02. The number of nitrogens with zero attached hydrogens (tertiary/aromatic N) is 3. The first-order chi connectivity index (χ1) is 12.3. The molecular weight excluding hydrogens is 319 g/mol. The average molecular weight is 340 g/mol. The van der Waals surface area contributed by atoms with Gasteiger partial charge in [-0.2, -0.15) is 5.10 Å². The highest BCUT2D eigenvalue weighted by atomic mass is 19.1. The maximum atomic E-state index is 14.0. The van der Waals surface area contributed by atoms with Crippen molar-refractivity contribution in [1.29, 1.82) is 0 Å². The molecule has 3 aromatic rings. The van der Waals surface area contributed by atoms with Crippen LogP contribution < -0.4 is 10.6 Å². The molecule has 2 aromatic heterocycles. The fourth-order valence-corrected chi connectivity index (χ4v) is 3.29. The summed E-state index contributed by atoms with van der Waals surface area (Å²) in [5.41, 5.74) is 2.81. The molecule has 7 heteroatoms.